The number of benzene rings is 1. The molecule has 0 radical (unpaired) electrons. The van der Waals surface area contributed by atoms with E-state index in [1.54, 1.807) is 4.90 Å². The first kappa shape index (κ1) is 19.1. The molecule has 1 amide bonds. The van der Waals surface area contributed by atoms with E-state index >= 15 is 0 Å². The zero-order valence-electron chi connectivity index (χ0n) is 14.4. The van der Waals surface area contributed by atoms with Gasteiger partial charge in [0, 0.05) is 35.7 Å². The fourth-order valence-corrected chi connectivity index (χ4v) is 4.81. The van der Waals surface area contributed by atoms with Crippen molar-refractivity contribution in [1.82, 2.24) is 14.4 Å². The molecule has 1 aliphatic heterocycles. The summed E-state index contributed by atoms with van der Waals surface area (Å²) in [5.41, 5.74) is 2.16. The lowest BCUT2D eigenvalue weighted by molar-refractivity contribution is -0.131. The van der Waals surface area contributed by atoms with Crippen LogP contribution in [0, 0.1) is 0 Å². The van der Waals surface area contributed by atoms with Gasteiger partial charge in [-0.1, -0.05) is 6.07 Å². The number of hydrogen-bond acceptors (Lipinski definition) is 2. The molecule has 1 aromatic heterocycles. The van der Waals surface area contributed by atoms with Crippen molar-refractivity contribution in [3.05, 3.63) is 37.4 Å². The normalized spacial score (nSPS) is 18.6. The molecule has 1 aromatic carbocycles. The van der Waals surface area contributed by atoms with Crippen molar-refractivity contribution in [2.45, 2.75) is 18.9 Å². The van der Waals surface area contributed by atoms with Gasteiger partial charge < -0.3 is 9.47 Å². The Balaban J connectivity index is 1.92. The first-order valence-corrected chi connectivity index (χ1v) is 10.5. The highest BCUT2D eigenvalue weighted by molar-refractivity contribution is 9.13. The van der Waals surface area contributed by atoms with E-state index in [1.807, 2.05) is 39.5 Å². The van der Waals surface area contributed by atoms with E-state index in [2.05, 4.69) is 63.3 Å². The van der Waals surface area contributed by atoms with Crippen molar-refractivity contribution in [2.75, 3.05) is 20.6 Å². The summed E-state index contributed by atoms with van der Waals surface area (Å²) < 4.78 is 5.11. The molecule has 1 aliphatic rings. The molecule has 2 aromatic rings. The van der Waals surface area contributed by atoms with E-state index in [0.29, 0.717) is 0 Å². The second-order valence-corrected chi connectivity index (χ2v) is 8.82. The molecule has 4 nitrogen and oxygen atoms in total. The topological polar surface area (TPSA) is 28.5 Å². The third-order valence-corrected chi connectivity index (χ3v) is 7.78. The number of carbonyl (C=O) groups is 1. The first-order valence-electron chi connectivity index (χ1n) is 8.10. The summed E-state index contributed by atoms with van der Waals surface area (Å²) in [6, 6.07) is 4.11. The minimum Gasteiger partial charge on any atom is -0.337 e. The van der Waals surface area contributed by atoms with Crippen molar-refractivity contribution in [1.29, 1.82) is 0 Å². The van der Waals surface area contributed by atoms with Crippen molar-refractivity contribution in [3.63, 3.8) is 0 Å². The molecule has 25 heavy (non-hydrogen) atoms. The number of amides is 1. The summed E-state index contributed by atoms with van der Waals surface area (Å²) >= 11 is 10.9. The van der Waals surface area contributed by atoms with Gasteiger partial charge in [0.1, 0.15) is 0 Å². The number of aryl methyl sites for hydroxylation is 1. The third-order valence-electron chi connectivity index (χ3n) is 4.83. The van der Waals surface area contributed by atoms with Crippen LogP contribution >= 0.6 is 47.8 Å². The number of rotatable bonds is 3. The second kappa shape index (κ2) is 7.55. The Hall–Kier alpha value is -0.630. The number of carbonyl (C=O) groups excluding carboxylic acids is 1. The van der Waals surface area contributed by atoms with Gasteiger partial charge in [0.25, 0.3) is 0 Å². The van der Waals surface area contributed by atoms with Gasteiger partial charge in [0.2, 0.25) is 5.91 Å². The number of aromatic nitrogens is 1. The van der Waals surface area contributed by atoms with Crippen LogP contribution in [0.5, 0.6) is 0 Å². The largest absolute Gasteiger partial charge is 0.337 e. The molecule has 1 saturated heterocycles. The molecule has 0 aliphatic carbocycles. The third kappa shape index (κ3) is 3.48. The Morgan fingerprint density at radius 2 is 2.00 bits per heavy atom. The van der Waals surface area contributed by atoms with Crippen molar-refractivity contribution in [2.24, 2.45) is 7.05 Å². The van der Waals surface area contributed by atoms with Gasteiger partial charge in [0.05, 0.1) is 20.6 Å². The molecule has 0 bridgehead atoms. The SMILES string of the molecule is CN(/C=C\c1c(Br)n(C)c2c(Br)c(Br)ccc12)C(=O)[C@@H]1CCCN1C. The van der Waals surface area contributed by atoms with E-state index in [0.717, 1.165) is 49.4 Å². The second-order valence-electron chi connectivity index (χ2n) is 6.42. The van der Waals surface area contributed by atoms with Crippen LogP contribution < -0.4 is 0 Å². The van der Waals surface area contributed by atoms with Crippen LogP contribution in [0.2, 0.25) is 0 Å². The van der Waals surface area contributed by atoms with Gasteiger partial charge >= 0.3 is 0 Å². The van der Waals surface area contributed by atoms with Gasteiger partial charge in [0.15, 0.2) is 0 Å². The molecule has 1 fully saturated rings. The van der Waals surface area contributed by atoms with E-state index in [9.17, 15) is 4.79 Å². The highest BCUT2D eigenvalue weighted by Gasteiger charge is 2.29. The number of likely N-dealkylation sites (N-methyl/N-ethyl adjacent to an activating group) is 2. The Morgan fingerprint density at radius 3 is 2.64 bits per heavy atom. The quantitative estimate of drug-likeness (QED) is 0.556. The molecule has 1 atom stereocenters. The maximum atomic E-state index is 12.6. The van der Waals surface area contributed by atoms with E-state index in [4.69, 9.17) is 0 Å². The van der Waals surface area contributed by atoms with Crippen LogP contribution in [0.3, 0.4) is 0 Å². The highest BCUT2D eigenvalue weighted by atomic mass is 79.9. The van der Waals surface area contributed by atoms with Gasteiger partial charge in [-0.25, -0.2) is 0 Å². The smallest absolute Gasteiger partial charge is 0.243 e. The number of hydrogen-bond donors (Lipinski definition) is 0. The maximum absolute atomic E-state index is 12.6. The van der Waals surface area contributed by atoms with Crippen LogP contribution in [0.15, 0.2) is 31.9 Å². The fraction of sp³-hybridized carbons (Fsp3) is 0.389. The lowest BCUT2D eigenvalue weighted by atomic mass is 10.1. The van der Waals surface area contributed by atoms with Gasteiger partial charge in [-0.2, -0.15) is 0 Å². The zero-order valence-corrected chi connectivity index (χ0v) is 19.1. The molecule has 0 N–H and O–H groups in total. The first-order chi connectivity index (χ1) is 11.8. The number of likely N-dealkylation sites (tertiary alicyclic amines) is 1. The van der Waals surface area contributed by atoms with Gasteiger partial charge in [-0.3, -0.25) is 9.69 Å². The maximum Gasteiger partial charge on any atom is 0.243 e. The molecule has 0 saturated carbocycles. The van der Waals surface area contributed by atoms with Crippen LogP contribution in [0.25, 0.3) is 17.0 Å². The molecule has 0 unspecified atom stereocenters. The number of halogens is 3. The van der Waals surface area contributed by atoms with Crippen LogP contribution in [-0.2, 0) is 11.8 Å². The predicted molar refractivity (Wildman–Crippen MR) is 113 cm³/mol. The summed E-state index contributed by atoms with van der Waals surface area (Å²) in [4.78, 5) is 16.5. The highest BCUT2D eigenvalue weighted by Crippen LogP contribution is 2.38. The summed E-state index contributed by atoms with van der Waals surface area (Å²) in [5.74, 6) is 0.150. The average molecular weight is 534 g/mol. The summed E-state index contributed by atoms with van der Waals surface area (Å²) in [5, 5.41) is 1.12. The lowest BCUT2D eigenvalue weighted by Gasteiger charge is -2.22. The summed E-state index contributed by atoms with van der Waals surface area (Å²) in [7, 11) is 5.86. The lowest BCUT2D eigenvalue weighted by Crippen LogP contribution is -2.40. The molecule has 2 heterocycles. The van der Waals surface area contributed by atoms with Gasteiger partial charge in [-0.15, -0.1) is 0 Å². The van der Waals surface area contributed by atoms with Crippen molar-refractivity contribution in [3.8, 4) is 0 Å². The molecule has 0 spiro atoms. The summed E-state index contributed by atoms with van der Waals surface area (Å²) in [6.07, 6.45) is 5.89. The Kier molecular flexibility index (Phi) is 5.78. The van der Waals surface area contributed by atoms with E-state index < -0.39 is 0 Å². The van der Waals surface area contributed by atoms with E-state index in [-0.39, 0.29) is 11.9 Å². The minimum absolute atomic E-state index is 0.00397. The molecule has 134 valence electrons. The molecule has 7 heteroatoms. The molecular weight excluding hydrogens is 514 g/mol. The predicted octanol–water partition coefficient (Wildman–Crippen LogP) is 4.99. The summed E-state index contributed by atoms with van der Waals surface area (Å²) in [6.45, 7) is 0.992. The standard InChI is InChI=1S/C18H20Br3N3O/c1-22-9-4-5-14(22)18(25)23(2)10-8-12-11-6-7-13(19)15(20)16(11)24(3)17(12)21/h6-8,10,14H,4-5,9H2,1-3H3/b10-8-/t14-/m0/s1. The monoisotopic (exact) mass is 531 g/mol. The zero-order chi connectivity index (χ0) is 18.3. The molecule has 3 rings (SSSR count). The van der Waals surface area contributed by atoms with Crippen molar-refractivity contribution >= 4 is 70.7 Å². The van der Waals surface area contributed by atoms with Crippen molar-refractivity contribution < 1.29 is 4.79 Å². The Morgan fingerprint density at radius 1 is 1.28 bits per heavy atom. The Bertz CT molecular complexity index is 859. The minimum atomic E-state index is -0.00397. The average Bonchev–Trinajstić information content (AvgIpc) is 3.11. The number of nitrogens with zero attached hydrogens (tertiary/aromatic N) is 3. The fourth-order valence-electron chi connectivity index (χ4n) is 3.35. The Labute approximate surface area is 173 Å². The number of fused-ring (bicyclic) bond motifs is 1. The van der Waals surface area contributed by atoms with Gasteiger partial charge in [-0.05, 0) is 86.4 Å². The molecular formula is C18H20Br3N3O. The van der Waals surface area contributed by atoms with Crippen LogP contribution in [-0.4, -0.2) is 47.0 Å². The van der Waals surface area contributed by atoms with E-state index in [1.165, 1.54) is 0 Å². The van der Waals surface area contributed by atoms with Crippen LogP contribution in [0.1, 0.15) is 18.4 Å². The van der Waals surface area contributed by atoms with Crippen LogP contribution in [0.4, 0.5) is 0 Å².